The minimum atomic E-state index is -3.28. The van der Waals surface area contributed by atoms with Crippen LogP contribution in [0.4, 0.5) is 0 Å². The molecule has 2 saturated carbocycles. The Balaban J connectivity index is 1.56. The lowest BCUT2D eigenvalue weighted by atomic mass is 9.89. The van der Waals surface area contributed by atoms with Crippen LogP contribution in [-0.4, -0.2) is 44.3 Å². The van der Waals surface area contributed by atoms with Crippen LogP contribution >= 0.6 is 0 Å². The first-order valence-corrected chi connectivity index (χ1v) is 11.5. The molecule has 0 bridgehead atoms. The summed E-state index contributed by atoms with van der Waals surface area (Å²) in [5, 5.41) is 5.79. The highest BCUT2D eigenvalue weighted by Gasteiger charge is 2.44. The number of hydrogen-bond acceptors (Lipinski definition) is 4. The largest absolute Gasteiger partial charge is 0.355 e. The van der Waals surface area contributed by atoms with Crippen molar-refractivity contribution >= 4 is 21.7 Å². The number of nitrogens with one attached hydrogen (secondary N) is 2. The molecule has 1 heterocycles. The molecule has 0 aromatic carbocycles. The van der Waals surface area contributed by atoms with E-state index in [1.807, 2.05) is 6.92 Å². The maximum atomic E-state index is 12.6. The molecule has 3 aliphatic rings. The molecule has 1 unspecified atom stereocenters. The van der Waals surface area contributed by atoms with E-state index in [2.05, 4.69) is 10.6 Å². The smallest absolute Gasteiger partial charge is 0.226 e. The Hall–Kier alpha value is -1.11. The van der Waals surface area contributed by atoms with Crippen LogP contribution in [0.25, 0.3) is 0 Å². The van der Waals surface area contributed by atoms with Gasteiger partial charge in [-0.1, -0.05) is 26.2 Å². The van der Waals surface area contributed by atoms with Crippen molar-refractivity contribution in [1.29, 1.82) is 0 Å². The van der Waals surface area contributed by atoms with Crippen LogP contribution in [0, 0.1) is 23.7 Å². The van der Waals surface area contributed by atoms with Gasteiger partial charge in [0, 0.05) is 12.5 Å². The van der Waals surface area contributed by atoms with Gasteiger partial charge >= 0.3 is 0 Å². The highest BCUT2D eigenvalue weighted by molar-refractivity contribution is 7.91. The second-order valence-electron chi connectivity index (χ2n) is 8.17. The van der Waals surface area contributed by atoms with Gasteiger partial charge in [-0.25, -0.2) is 8.42 Å². The van der Waals surface area contributed by atoms with Gasteiger partial charge < -0.3 is 10.6 Å². The Morgan fingerprint density at radius 2 is 1.72 bits per heavy atom. The van der Waals surface area contributed by atoms with Gasteiger partial charge in [0.15, 0.2) is 9.84 Å². The Morgan fingerprint density at radius 1 is 1.04 bits per heavy atom. The molecular weight excluding hydrogens is 340 g/mol. The molecule has 3 rings (SSSR count). The van der Waals surface area contributed by atoms with Crippen LogP contribution in [0.15, 0.2) is 0 Å². The van der Waals surface area contributed by atoms with Gasteiger partial charge in [-0.15, -0.1) is 0 Å². The van der Waals surface area contributed by atoms with E-state index in [1.54, 1.807) is 0 Å². The second-order valence-corrected chi connectivity index (χ2v) is 10.3. The number of rotatable bonds is 6. The minimum absolute atomic E-state index is 0.103. The molecule has 0 aromatic rings. The molecule has 25 heavy (non-hydrogen) atoms. The molecule has 0 spiro atoms. The SMILES string of the molecule is CC(C(=O)N[C@@H]1CS(=O)(=O)C[C@H]1C(=O)NCC1CCCCC1)C1CC1. The van der Waals surface area contributed by atoms with Gasteiger partial charge in [0.05, 0.1) is 23.5 Å². The molecule has 2 aliphatic carbocycles. The molecule has 6 nitrogen and oxygen atoms in total. The van der Waals surface area contributed by atoms with E-state index in [-0.39, 0.29) is 29.2 Å². The third-order valence-corrected chi connectivity index (χ3v) is 7.78. The summed E-state index contributed by atoms with van der Waals surface area (Å²) in [4.78, 5) is 24.9. The van der Waals surface area contributed by atoms with E-state index < -0.39 is 21.8 Å². The summed E-state index contributed by atoms with van der Waals surface area (Å²) in [5.74, 6) is -0.483. The standard InChI is InChI=1S/C18H30N2O4S/c1-12(14-7-8-14)17(21)20-16-11-25(23,24)10-15(16)18(22)19-9-13-5-3-2-4-6-13/h12-16H,2-11H2,1H3,(H,19,22)(H,20,21)/t12?,15-,16-/m1/s1. The van der Waals surface area contributed by atoms with Crippen molar-refractivity contribution in [1.82, 2.24) is 10.6 Å². The van der Waals surface area contributed by atoms with E-state index in [0.717, 1.165) is 25.7 Å². The quantitative estimate of drug-likeness (QED) is 0.736. The first kappa shape index (κ1) is 18.7. The number of carbonyl (C=O) groups is 2. The fraction of sp³-hybridized carbons (Fsp3) is 0.889. The molecule has 3 fully saturated rings. The summed E-state index contributed by atoms with van der Waals surface area (Å²) in [6.45, 7) is 2.50. The van der Waals surface area contributed by atoms with E-state index in [9.17, 15) is 18.0 Å². The fourth-order valence-corrected chi connectivity index (χ4v) is 6.07. The summed E-state index contributed by atoms with van der Waals surface area (Å²) in [7, 11) is -3.28. The van der Waals surface area contributed by atoms with Gasteiger partial charge in [0.2, 0.25) is 11.8 Å². The van der Waals surface area contributed by atoms with Crippen molar-refractivity contribution < 1.29 is 18.0 Å². The topological polar surface area (TPSA) is 92.3 Å². The third kappa shape index (κ3) is 4.96. The first-order valence-electron chi connectivity index (χ1n) is 9.64. The molecule has 7 heteroatoms. The number of carbonyl (C=O) groups excluding carboxylic acids is 2. The zero-order chi connectivity index (χ0) is 18.0. The third-order valence-electron chi connectivity index (χ3n) is 6.05. The average molecular weight is 371 g/mol. The molecule has 1 saturated heterocycles. The number of amides is 2. The van der Waals surface area contributed by atoms with Crippen molar-refractivity contribution in [2.45, 2.75) is 57.9 Å². The van der Waals surface area contributed by atoms with Crippen molar-refractivity contribution in [3.63, 3.8) is 0 Å². The minimum Gasteiger partial charge on any atom is -0.355 e. The first-order chi connectivity index (χ1) is 11.9. The van der Waals surface area contributed by atoms with Crippen molar-refractivity contribution in [2.75, 3.05) is 18.1 Å². The van der Waals surface area contributed by atoms with Crippen molar-refractivity contribution in [3.05, 3.63) is 0 Å². The molecule has 0 aromatic heterocycles. The maximum absolute atomic E-state index is 12.6. The summed E-state index contributed by atoms with van der Waals surface area (Å²) in [5.41, 5.74) is 0. The van der Waals surface area contributed by atoms with Crippen LogP contribution in [-0.2, 0) is 19.4 Å². The highest BCUT2D eigenvalue weighted by atomic mass is 32.2. The van der Waals surface area contributed by atoms with Gasteiger partial charge in [0.25, 0.3) is 0 Å². The van der Waals surface area contributed by atoms with Crippen LogP contribution < -0.4 is 10.6 Å². The molecule has 1 aliphatic heterocycles. The number of sulfone groups is 1. The molecule has 3 atom stereocenters. The zero-order valence-corrected chi connectivity index (χ0v) is 15.8. The van der Waals surface area contributed by atoms with Gasteiger partial charge in [-0.2, -0.15) is 0 Å². The summed E-state index contributed by atoms with van der Waals surface area (Å²) in [6, 6.07) is -0.593. The van der Waals surface area contributed by atoms with E-state index in [4.69, 9.17) is 0 Å². The lowest BCUT2D eigenvalue weighted by Crippen LogP contribution is -2.48. The maximum Gasteiger partial charge on any atom is 0.226 e. The molecular formula is C18H30N2O4S. The number of hydrogen-bond donors (Lipinski definition) is 2. The van der Waals surface area contributed by atoms with Crippen LogP contribution in [0.3, 0.4) is 0 Å². The molecule has 0 radical (unpaired) electrons. The van der Waals surface area contributed by atoms with Crippen LogP contribution in [0.1, 0.15) is 51.9 Å². The summed E-state index contributed by atoms with van der Waals surface area (Å²) >= 11 is 0. The average Bonchev–Trinajstić information content (AvgIpc) is 3.37. The fourth-order valence-electron chi connectivity index (χ4n) is 4.14. The Labute approximate surface area is 150 Å². The molecule has 2 amide bonds. The van der Waals surface area contributed by atoms with E-state index in [1.165, 1.54) is 19.3 Å². The Kier molecular flexibility index (Phi) is 5.71. The predicted molar refractivity (Wildman–Crippen MR) is 95.5 cm³/mol. The Morgan fingerprint density at radius 3 is 2.36 bits per heavy atom. The van der Waals surface area contributed by atoms with Crippen LogP contribution in [0.5, 0.6) is 0 Å². The van der Waals surface area contributed by atoms with Gasteiger partial charge in [-0.3, -0.25) is 9.59 Å². The van der Waals surface area contributed by atoms with Crippen molar-refractivity contribution in [2.24, 2.45) is 23.7 Å². The van der Waals surface area contributed by atoms with E-state index >= 15 is 0 Å². The Bertz CT molecular complexity index is 609. The highest BCUT2D eigenvalue weighted by Crippen LogP contribution is 2.36. The summed E-state index contributed by atoms with van der Waals surface area (Å²) in [6.07, 6.45) is 8.04. The molecule has 2 N–H and O–H groups in total. The lowest BCUT2D eigenvalue weighted by molar-refractivity contribution is -0.128. The normalized spacial score (nSPS) is 30.6. The van der Waals surface area contributed by atoms with Crippen molar-refractivity contribution in [3.8, 4) is 0 Å². The van der Waals surface area contributed by atoms with Crippen LogP contribution in [0.2, 0.25) is 0 Å². The van der Waals surface area contributed by atoms with Gasteiger partial charge in [0.1, 0.15) is 0 Å². The predicted octanol–water partition coefficient (Wildman–Crippen LogP) is 1.26. The zero-order valence-electron chi connectivity index (χ0n) is 15.0. The molecule has 142 valence electrons. The van der Waals surface area contributed by atoms with E-state index in [0.29, 0.717) is 18.4 Å². The lowest BCUT2D eigenvalue weighted by Gasteiger charge is -2.24. The second kappa shape index (κ2) is 7.64. The monoisotopic (exact) mass is 370 g/mol. The summed E-state index contributed by atoms with van der Waals surface area (Å²) < 4.78 is 24.1. The van der Waals surface area contributed by atoms with Gasteiger partial charge in [-0.05, 0) is 37.5 Å².